The Morgan fingerprint density at radius 1 is 1.23 bits per heavy atom. The molecular formula is C20H25N3O3. The van der Waals surface area contributed by atoms with Gasteiger partial charge in [0.1, 0.15) is 18.0 Å². The quantitative estimate of drug-likeness (QED) is 0.912. The van der Waals surface area contributed by atoms with Gasteiger partial charge in [-0.15, -0.1) is 5.10 Å². The van der Waals surface area contributed by atoms with E-state index in [4.69, 9.17) is 4.74 Å². The summed E-state index contributed by atoms with van der Waals surface area (Å²) in [5.41, 5.74) is 1.78. The van der Waals surface area contributed by atoms with Crippen molar-refractivity contribution < 1.29 is 14.6 Å². The zero-order valence-electron chi connectivity index (χ0n) is 15.3. The molecule has 1 N–H and O–H groups in total. The second kappa shape index (κ2) is 7.83. The maximum absolute atomic E-state index is 12.5. The van der Waals surface area contributed by atoms with Crippen molar-refractivity contribution in [1.82, 2.24) is 15.1 Å². The summed E-state index contributed by atoms with van der Waals surface area (Å²) < 4.78 is 5.84. The topological polar surface area (TPSA) is 75.6 Å². The van der Waals surface area contributed by atoms with Crippen LogP contribution in [0.15, 0.2) is 36.5 Å². The third-order valence-electron chi connectivity index (χ3n) is 4.98. The zero-order chi connectivity index (χ0) is 18.6. The Morgan fingerprint density at radius 3 is 2.81 bits per heavy atom. The van der Waals surface area contributed by atoms with Gasteiger partial charge < -0.3 is 14.7 Å². The molecule has 26 heavy (non-hydrogen) atoms. The highest BCUT2D eigenvalue weighted by Crippen LogP contribution is 2.25. The first-order chi connectivity index (χ1) is 12.5. The fourth-order valence-electron chi connectivity index (χ4n) is 3.13. The zero-order valence-corrected chi connectivity index (χ0v) is 15.3. The smallest absolute Gasteiger partial charge is 0.274 e. The number of carbonyl (C=O) groups is 1. The predicted octanol–water partition coefficient (Wildman–Crippen LogP) is 2.53. The van der Waals surface area contributed by atoms with Crippen molar-refractivity contribution in [3.8, 4) is 5.75 Å². The standard InChI is InChI=1S/C20H25N3O3/c1-15-6-7-17(13-16(15)2)26-14-20(25)8-4-11-23(12-9-20)19(24)18-5-3-10-21-22-18/h3,5-7,10,13,25H,4,8-9,11-12,14H2,1-2H3. The molecule has 138 valence electrons. The molecule has 1 atom stereocenters. The minimum absolute atomic E-state index is 0.141. The van der Waals surface area contributed by atoms with Crippen molar-refractivity contribution >= 4 is 5.91 Å². The number of likely N-dealkylation sites (tertiary alicyclic amines) is 1. The van der Waals surface area contributed by atoms with Crippen LogP contribution in [0.5, 0.6) is 5.75 Å². The molecule has 1 aliphatic heterocycles. The minimum atomic E-state index is -0.934. The van der Waals surface area contributed by atoms with E-state index >= 15 is 0 Å². The Labute approximate surface area is 153 Å². The molecule has 0 spiro atoms. The number of amides is 1. The van der Waals surface area contributed by atoms with Gasteiger partial charge in [-0.25, -0.2) is 0 Å². The van der Waals surface area contributed by atoms with Crippen LogP contribution in [-0.2, 0) is 0 Å². The predicted molar refractivity (Wildman–Crippen MR) is 98.1 cm³/mol. The minimum Gasteiger partial charge on any atom is -0.491 e. The number of carbonyl (C=O) groups excluding carboxylic acids is 1. The first kappa shape index (κ1) is 18.3. The molecule has 0 radical (unpaired) electrons. The van der Waals surface area contributed by atoms with Crippen LogP contribution >= 0.6 is 0 Å². The molecule has 1 aromatic heterocycles. The summed E-state index contributed by atoms with van der Waals surface area (Å²) in [6, 6.07) is 9.29. The largest absolute Gasteiger partial charge is 0.491 e. The van der Waals surface area contributed by atoms with Crippen LogP contribution in [0.3, 0.4) is 0 Å². The van der Waals surface area contributed by atoms with E-state index in [-0.39, 0.29) is 12.5 Å². The van der Waals surface area contributed by atoms with Gasteiger partial charge in [0.15, 0.2) is 5.69 Å². The summed E-state index contributed by atoms with van der Waals surface area (Å²) >= 11 is 0. The number of hydrogen-bond donors (Lipinski definition) is 1. The molecule has 1 amide bonds. The molecule has 3 rings (SSSR count). The van der Waals surface area contributed by atoms with E-state index in [9.17, 15) is 9.90 Å². The van der Waals surface area contributed by atoms with Gasteiger partial charge in [0.25, 0.3) is 5.91 Å². The number of benzene rings is 1. The van der Waals surface area contributed by atoms with Gasteiger partial charge in [-0.1, -0.05) is 6.07 Å². The Bertz CT molecular complexity index is 766. The number of ether oxygens (including phenoxy) is 1. The van der Waals surface area contributed by atoms with E-state index in [0.717, 1.165) is 17.7 Å². The first-order valence-electron chi connectivity index (χ1n) is 8.96. The lowest BCUT2D eigenvalue weighted by Gasteiger charge is -2.27. The summed E-state index contributed by atoms with van der Waals surface area (Å²) in [4.78, 5) is 14.3. The van der Waals surface area contributed by atoms with E-state index in [2.05, 4.69) is 17.1 Å². The highest BCUT2D eigenvalue weighted by atomic mass is 16.5. The van der Waals surface area contributed by atoms with Crippen LogP contribution in [0.1, 0.15) is 40.9 Å². The van der Waals surface area contributed by atoms with E-state index in [1.807, 2.05) is 25.1 Å². The first-order valence-corrected chi connectivity index (χ1v) is 8.96. The molecule has 0 bridgehead atoms. The Hall–Kier alpha value is -2.47. The molecule has 1 unspecified atom stereocenters. The van der Waals surface area contributed by atoms with Gasteiger partial charge in [0.05, 0.1) is 0 Å². The second-order valence-corrected chi connectivity index (χ2v) is 7.01. The molecule has 6 nitrogen and oxygen atoms in total. The molecule has 1 aromatic carbocycles. The summed E-state index contributed by atoms with van der Waals surface area (Å²) in [5, 5.41) is 18.6. The average Bonchev–Trinajstić information content (AvgIpc) is 2.85. The molecule has 0 saturated carbocycles. The van der Waals surface area contributed by atoms with E-state index in [1.165, 1.54) is 5.56 Å². The SMILES string of the molecule is Cc1ccc(OCC2(O)CCCN(C(=O)c3cccnn3)CC2)cc1C. The number of aliphatic hydroxyl groups is 1. The summed E-state index contributed by atoms with van der Waals surface area (Å²) in [6.07, 6.45) is 3.34. The molecular weight excluding hydrogens is 330 g/mol. The van der Waals surface area contributed by atoms with Crippen molar-refractivity contribution in [3.63, 3.8) is 0 Å². The number of rotatable bonds is 4. The monoisotopic (exact) mass is 355 g/mol. The number of aromatic nitrogens is 2. The number of aryl methyl sites for hydroxylation is 2. The lowest BCUT2D eigenvalue weighted by atomic mass is 9.96. The molecule has 0 aliphatic carbocycles. The Morgan fingerprint density at radius 2 is 2.08 bits per heavy atom. The maximum Gasteiger partial charge on any atom is 0.274 e. The van der Waals surface area contributed by atoms with Crippen molar-refractivity contribution in [3.05, 3.63) is 53.3 Å². The fourth-order valence-corrected chi connectivity index (χ4v) is 3.13. The number of nitrogens with zero attached hydrogens (tertiary/aromatic N) is 3. The van der Waals surface area contributed by atoms with E-state index < -0.39 is 5.60 Å². The molecule has 1 fully saturated rings. The molecule has 2 heterocycles. The average molecular weight is 355 g/mol. The maximum atomic E-state index is 12.5. The van der Waals surface area contributed by atoms with Gasteiger partial charge in [-0.3, -0.25) is 4.79 Å². The van der Waals surface area contributed by atoms with Gasteiger partial charge in [0, 0.05) is 19.3 Å². The van der Waals surface area contributed by atoms with Gasteiger partial charge in [-0.05, 0) is 68.5 Å². The van der Waals surface area contributed by atoms with E-state index in [0.29, 0.717) is 31.6 Å². The van der Waals surface area contributed by atoms with Crippen molar-refractivity contribution in [2.24, 2.45) is 0 Å². The van der Waals surface area contributed by atoms with E-state index in [1.54, 1.807) is 23.2 Å². The molecule has 6 heteroatoms. The van der Waals surface area contributed by atoms with Crippen molar-refractivity contribution in [2.75, 3.05) is 19.7 Å². The highest BCUT2D eigenvalue weighted by molar-refractivity contribution is 5.92. The van der Waals surface area contributed by atoms with Gasteiger partial charge >= 0.3 is 0 Å². The lowest BCUT2D eigenvalue weighted by Crippen LogP contribution is -2.38. The van der Waals surface area contributed by atoms with Crippen LogP contribution in [-0.4, -0.2) is 51.4 Å². The second-order valence-electron chi connectivity index (χ2n) is 7.01. The Kier molecular flexibility index (Phi) is 5.52. The Balaban J connectivity index is 1.59. The van der Waals surface area contributed by atoms with Crippen LogP contribution in [0.25, 0.3) is 0 Å². The van der Waals surface area contributed by atoms with Crippen molar-refractivity contribution in [2.45, 2.75) is 38.7 Å². The van der Waals surface area contributed by atoms with Crippen LogP contribution in [0.4, 0.5) is 0 Å². The van der Waals surface area contributed by atoms with Gasteiger partial charge in [-0.2, -0.15) is 5.10 Å². The summed E-state index contributed by atoms with van der Waals surface area (Å²) in [6.45, 7) is 5.39. The highest BCUT2D eigenvalue weighted by Gasteiger charge is 2.33. The summed E-state index contributed by atoms with van der Waals surface area (Å²) in [7, 11) is 0. The third kappa shape index (κ3) is 4.38. The summed E-state index contributed by atoms with van der Waals surface area (Å²) in [5.74, 6) is 0.621. The van der Waals surface area contributed by atoms with Crippen molar-refractivity contribution in [1.29, 1.82) is 0 Å². The fraction of sp³-hybridized carbons (Fsp3) is 0.450. The van der Waals surface area contributed by atoms with Crippen LogP contribution in [0.2, 0.25) is 0 Å². The normalized spacial score (nSPS) is 20.5. The molecule has 2 aromatic rings. The number of hydrogen-bond acceptors (Lipinski definition) is 5. The molecule has 1 saturated heterocycles. The van der Waals surface area contributed by atoms with Crippen LogP contribution in [0, 0.1) is 13.8 Å². The third-order valence-corrected chi connectivity index (χ3v) is 4.98. The molecule has 1 aliphatic rings. The van der Waals surface area contributed by atoms with Gasteiger partial charge in [0.2, 0.25) is 0 Å². The van der Waals surface area contributed by atoms with Crippen LogP contribution < -0.4 is 4.74 Å². The lowest BCUT2D eigenvalue weighted by molar-refractivity contribution is -0.0163.